The first-order chi connectivity index (χ1) is 7.29. The largest absolute Gasteiger partial charge is 0.397 e. The van der Waals surface area contributed by atoms with Gasteiger partial charge in [0.05, 0.1) is 5.70 Å². The average molecular weight is 204 g/mol. The quantitative estimate of drug-likeness (QED) is 0.697. The molecule has 0 atom stereocenters. The molecular formula is C13H20N2. The van der Waals surface area contributed by atoms with Gasteiger partial charge >= 0.3 is 0 Å². The van der Waals surface area contributed by atoms with Crippen LogP contribution in [0.2, 0.25) is 0 Å². The molecule has 0 aromatic rings. The molecule has 0 bridgehead atoms. The standard InChI is InChI=1S/C13H20N2/c1-3-5-11-15(4-2)13-10-8-6-7-9-12(13)14/h6-9H,3-5,11,14H2,1-2H3. The van der Waals surface area contributed by atoms with Crippen LogP contribution in [-0.4, -0.2) is 18.0 Å². The zero-order valence-corrected chi connectivity index (χ0v) is 9.66. The molecule has 0 aliphatic heterocycles. The first kappa shape index (κ1) is 11.7. The Kier molecular flexibility index (Phi) is 4.79. The fraction of sp³-hybridized carbons (Fsp3) is 0.462. The predicted octanol–water partition coefficient (Wildman–Crippen LogP) is 2.56. The molecule has 0 fully saturated rings. The smallest absolute Gasteiger partial charge is 0.103 e. The van der Waals surface area contributed by atoms with Crippen LogP contribution >= 0.6 is 0 Å². The van der Waals surface area contributed by atoms with Crippen LogP contribution in [0, 0.1) is 0 Å². The second-order valence-corrected chi connectivity index (χ2v) is 3.60. The lowest BCUT2D eigenvalue weighted by molar-refractivity contribution is 0.361. The Balaban J connectivity index is 2.79. The van der Waals surface area contributed by atoms with Crippen LogP contribution in [0.3, 0.4) is 0 Å². The maximum Gasteiger partial charge on any atom is 0.103 e. The molecule has 82 valence electrons. The van der Waals surface area contributed by atoms with Crippen LogP contribution in [0.4, 0.5) is 0 Å². The van der Waals surface area contributed by atoms with Crippen LogP contribution in [0.25, 0.3) is 0 Å². The van der Waals surface area contributed by atoms with Crippen LogP contribution in [0.5, 0.6) is 0 Å². The molecular weight excluding hydrogens is 184 g/mol. The normalized spacial score (nSPS) is 14.5. The molecule has 2 N–H and O–H groups in total. The molecule has 0 amide bonds. The minimum absolute atomic E-state index is 0.804. The van der Waals surface area contributed by atoms with Crippen molar-refractivity contribution in [3.63, 3.8) is 0 Å². The van der Waals surface area contributed by atoms with Gasteiger partial charge < -0.3 is 10.6 Å². The number of unbranched alkanes of at least 4 members (excludes halogenated alkanes) is 1. The van der Waals surface area contributed by atoms with E-state index in [1.165, 1.54) is 12.8 Å². The third-order valence-corrected chi connectivity index (χ3v) is 2.46. The van der Waals surface area contributed by atoms with Gasteiger partial charge in [-0.05, 0) is 25.5 Å². The van der Waals surface area contributed by atoms with Crippen molar-refractivity contribution in [2.75, 3.05) is 13.1 Å². The van der Waals surface area contributed by atoms with E-state index in [9.17, 15) is 0 Å². The molecule has 0 saturated carbocycles. The molecule has 0 aromatic heterocycles. The van der Waals surface area contributed by atoms with E-state index in [1.54, 1.807) is 0 Å². The summed E-state index contributed by atoms with van der Waals surface area (Å²) < 4.78 is 0. The fourth-order valence-electron chi connectivity index (χ4n) is 1.55. The van der Waals surface area contributed by atoms with E-state index in [0.717, 1.165) is 24.5 Å². The summed E-state index contributed by atoms with van der Waals surface area (Å²) in [4.78, 5) is 2.28. The first-order valence-corrected chi connectivity index (χ1v) is 5.64. The van der Waals surface area contributed by atoms with Crippen molar-refractivity contribution < 1.29 is 0 Å². The summed E-state index contributed by atoms with van der Waals surface area (Å²) in [6.45, 7) is 6.38. The van der Waals surface area contributed by atoms with Gasteiger partial charge in [-0.15, -0.1) is 0 Å². The zero-order valence-electron chi connectivity index (χ0n) is 9.66. The van der Waals surface area contributed by atoms with Crippen molar-refractivity contribution in [2.45, 2.75) is 26.7 Å². The number of nitrogens with zero attached hydrogens (tertiary/aromatic N) is 1. The average Bonchev–Trinajstić information content (AvgIpc) is 2.45. The molecule has 1 aliphatic carbocycles. The summed E-state index contributed by atoms with van der Waals surface area (Å²) in [5, 5.41) is 0. The summed E-state index contributed by atoms with van der Waals surface area (Å²) in [5.74, 6) is 0. The van der Waals surface area contributed by atoms with Crippen molar-refractivity contribution in [2.24, 2.45) is 5.73 Å². The summed E-state index contributed by atoms with van der Waals surface area (Å²) in [6, 6.07) is 0. The molecule has 0 spiro atoms. The van der Waals surface area contributed by atoms with Crippen molar-refractivity contribution in [3.8, 4) is 0 Å². The lowest BCUT2D eigenvalue weighted by atomic mass is 10.2. The minimum atomic E-state index is 0.804. The Labute approximate surface area is 92.5 Å². The van der Waals surface area contributed by atoms with Gasteiger partial charge in [0.15, 0.2) is 0 Å². The SMILES string of the molecule is CCCCN(CC)C1=C=CC=CC=C1N. The second-order valence-electron chi connectivity index (χ2n) is 3.60. The van der Waals surface area contributed by atoms with E-state index in [0.29, 0.717) is 0 Å². The molecule has 0 radical (unpaired) electrons. The van der Waals surface area contributed by atoms with Gasteiger partial charge in [-0.3, -0.25) is 0 Å². The van der Waals surface area contributed by atoms with Gasteiger partial charge in [-0.25, -0.2) is 0 Å². The second kappa shape index (κ2) is 6.15. The van der Waals surface area contributed by atoms with Gasteiger partial charge in [-0.1, -0.05) is 31.2 Å². The van der Waals surface area contributed by atoms with Crippen LogP contribution in [0.15, 0.2) is 41.4 Å². The lowest BCUT2D eigenvalue weighted by Gasteiger charge is -2.24. The molecule has 1 rings (SSSR count). The van der Waals surface area contributed by atoms with Gasteiger partial charge in [0.1, 0.15) is 5.70 Å². The molecule has 0 aromatic carbocycles. The maximum atomic E-state index is 5.98. The summed E-state index contributed by atoms with van der Waals surface area (Å²) in [5.41, 5.74) is 11.0. The number of hydrogen-bond acceptors (Lipinski definition) is 2. The molecule has 0 heterocycles. The number of nitrogens with two attached hydrogens (primary N) is 1. The van der Waals surface area contributed by atoms with Crippen molar-refractivity contribution >= 4 is 0 Å². The third kappa shape index (κ3) is 3.34. The Morgan fingerprint density at radius 3 is 2.80 bits per heavy atom. The molecule has 15 heavy (non-hydrogen) atoms. The molecule has 0 unspecified atom stereocenters. The van der Waals surface area contributed by atoms with Gasteiger partial charge in [-0.2, -0.15) is 0 Å². The first-order valence-electron chi connectivity index (χ1n) is 5.64. The zero-order chi connectivity index (χ0) is 11.1. The summed E-state index contributed by atoms with van der Waals surface area (Å²) in [6.07, 6.45) is 10.1. The van der Waals surface area contributed by atoms with E-state index in [2.05, 4.69) is 24.5 Å². The fourth-order valence-corrected chi connectivity index (χ4v) is 1.55. The number of rotatable bonds is 5. The topological polar surface area (TPSA) is 29.3 Å². The molecule has 0 saturated heterocycles. The van der Waals surface area contributed by atoms with E-state index < -0.39 is 0 Å². The highest BCUT2D eigenvalue weighted by atomic mass is 15.1. The van der Waals surface area contributed by atoms with Crippen molar-refractivity contribution in [3.05, 3.63) is 41.4 Å². The number of hydrogen-bond donors (Lipinski definition) is 1. The highest BCUT2D eigenvalue weighted by molar-refractivity contribution is 5.34. The third-order valence-electron chi connectivity index (χ3n) is 2.46. The predicted molar refractivity (Wildman–Crippen MR) is 65.2 cm³/mol. The highest BCUT2D eigenvalue weighted by Gasteiger charge is 2.09. The molecule has 2 heteroatoms. The van der Waals surface area contributed by atoms with Gasteiger partial charge in [0.25, 0.3) is 0 Å². The van der Waals surface area contributed by atoms with E-state index in [1.807, 2.05) is 24.3 Å². The maximum absolute atomic E-state index is 5.98. The molecule has 2 nitrogen and oxygen atoms in total. The van der Waals surface area contributed by atoms with Crippen molar-refractivity contribution in [1.82, 2.24) is 4.90 Å². The monoisotopic (exact) mass is 204 g/mol. The van der Waals surface area contributed by atoms with Crippen LogP contribution in [0.1, 0.15) is 26.7 Å². The van der Waals surface area contributed by atoms with Crippen LogP contribution < -0.4 is 5.73 Å². The Morgan fingerprint density at radius 2 is 2.13 bits per heavy atom. The van der Waals surface area contributed by atoms with E-state index in [-0.39, 0.29) is 0 Å². The Morgan fingerprint density at radius 1 is 1.33 bits per heavy atom. The van der Waals surface area contributed by atoms with Gasteiger partial charge in [0.2, 0.25) is 0 Å². The van der Waals surface area contributed by atoms with E-state index >= 15 is 0 Å². The summed E-state index contributed by atoms with van der Waals surface area (Å²) >= 11 is 0. The number of allylic oxidation sites excluding steroid dienone is 3. The summed E-state index contributed by atoms with van der Waals surface area (Å²) in [7, 11) is 0. The van der Waals surface area contributed by atoms with Crippen molar-refractivity contribution in [1.29, 1.82) is 0 Å². The molecule has 1 aliphatic rings. The minimum Gasteiger partial charge on any atom is -0.397 e. The highest BCUT2D eigenvalue weighted by Crippen LogP contribution is 2.12. The Hall–Kier alpha value is -1.40. The van der Waals surface area contributed by atoms with Gasteiger partial charge in [0, 0.05) is 13.1 Å². The lowest BCUT2D eigenvalue weighted by Crippen LogP contribution is -2.26. The van der Waals surface area contributed by atoms with E-state index in [4.69, 9.17) is 5.73 Å². The Bertz CT molecular complexity index is 317. The van der Waals surface area contributed by atoms with Crippen LogP contribution in [-0.2, 0) is 0 Å². The number of likely N-dealkylation sites (N-methyl/N-ethyl adjacent to an activating group) is 1.